The van der Waals surface area contributed by atoms with Crippen LogP contribution in [0, 0.1) is 13.8 Å². The Morgan fingerprint density at radius 2 is 1.77 bits per heavy atom. The molecule has 2 aromatic rings. The number of ether oxygens (including phenoxy) is 1. The van der Waals surface area contributed by atoms with E-state index < -0.39 is 17.7 Å². The number of aliphatic carboxylic acids is 1. The number of carboxylic acid groups (broad SMARTS) is 1. The van der Waals surface area contributed by atoms with Crippen molar-refractivity contribution in [2.24, 2.45) is 0 Å². The van der Waals surface area contributed by atoms with Crippen LogP contribution in [0.1, 0.15) is 43.6 Å². The summed E-state index contributed by atoms with van der Waals surface area (Å²) in [5, 5.41) is 21.7. The molecule has 22 heavy (non-hydrogen) atoms. The third-order valence-electron chi connectivity index (χ3n) is 3.58. The Hall–Kier alpha value is -2.07. The summed E-state index contributed by atoms with van der Waals surface area (Å²) >= 11 is 0. The Morgan fingerprint density at radius 1 is 1.14 bits per heavy atom. The molecule has 1 atom stereocenters. The second-order valence-corrected chi connectivity index (χ2v) is 6.57. The smallest absolute Gasteiger partial charge is 0.337 e. The highest BCUT2D eigenvalue weighted by atomic mass is 16.5. The van der Waals surface area contributed by atoms with Crippen LogP contribution in [-0.2, 0) is 9.53 Å². The number of phenolic OH excluding ortho intramolecular Hbond substituents is 1. The normalized spacial score (nSPS) is 13.3. The van der Waals surface area contributed by atoms with Gasteiger partial charge in [-0.2, -0.15) is 0 Å². The van der Waals surface area contributed by atoms with Crippen LogP contribution in [0.25, 0.3) is 10.8 Å². The van der Waals surface area contributed by atoms with Crippen LogP contribution in [0.4, 0.5) is 0 Å². The Morgan fingerprint density at radius 3 is 2.32 bits per heavy atom. The summed E-state index contributed by atoms with van der Waals surface area (Å²) in [5.41, 5.74) is 1.42. The van der Waals surface area contributed by atoms with Crippen LogP contribution in [0.2, 0.25) is 0 Å². The van der Waals surface area contributed by atoms with E-state index in [4.69, 9.17) is 4.74 Å². The van der Waals surface area contributed by atoms with Crippen LogP contribution >= 0.6 is 0 Å². The van der Waals surface area contributed by atoms with Crippen molar-refractivity contribution in [2.75, 3.05) is 0 Å². The number of hydrogen-bond donors (Lipinski definition) is 2. The molecule has 4 nitrogen and oxygen atoms in total. The summed E-state index contributed by atoms with van der Waals surface area (Å²) in [6.07, 6.45) is -1.20. The largest absolute Gasteiger partial charge is 0.507 e. The van der Waals surface area contributed by atoms with Crippen molar-refractivity contribution in [1.29, 1.82) is 0 Å². The van der Waals surface area contributed by atoms with Crippen molar-refractivity contribution < 1.29 is 19.7 Å². The van der Waals surface area contributed by atoms with E-state index in [1.54, 1.807) is 33.8 Å². The second kappa shape index (κ2) is 5.61. The molecule has 118 valence electrons. The average molecular weight is 302 g/mol. The van der Waals surface area contributed by atoms with Crippen molar-refractivity contribution in [2.45, 2.75) is 46.3 Å². The first-order valence-electron chi connectivity index (χ1n) is 7.24. The van der Waals surface area contributed by atoms with Crippen molar-refractivity contribution >= 4 is 16.7 Å². The second-order valence-electron chi connectivity index (χ2n) is 6.57. The zero-order valence-electron chi connectivity index (χ0n) is 13.6. The molecule has 0 heterocycles. The molecule has 0 aromatic heterocycles. The van der Waals surface area contributed by atoms with E-state index in [1.807, 2.05) is 25.1 Å². The lowest BCUT2D eigenvalue weighted by Gasteiger charge is -2.27. The van der Waals surface area contributed by atoms with E-state index in [1.165, 1.54) is 0 Å². The fraction of sp³-hybridized carbons (Fsp3) is 0.389. The minimum Gasteiger partial charge on any atom is -0.507 e. The van der Waals surface area contributed by atoms with Crippen molar-refractivity contribution in [3.8, 4) is 5.75 Å². The molecule has 0 saturated carbocycles. The highest BCUT2D eigenvalue weighted by molar-refractivity contribution is 5.94. The molecule has 2 rings (SSSR count). The molecule has 0 amide bonds. The number of rotatable bonds is 3. The maximum Gasteiger partial charge on any atom is 0.337 e. The van der Waals surface area contributed by atoms with Gasteiger partial charge in [-0.3, -0.25) is 0 Å². The summed E-state index contributed by atoms with van der Waals surface area (Å²) < 4.78 is 5.67. The predicted octanol–water partition coefficient (Wildman–Crippen LogP) is 4.10. The molecule has 0 fully saturated rings. The molecule has 0 aliphatic heterocycles. The van der Waals surface area contributed by atoms with Gasteiger partial charge in [0.15, 0.2) is 6.10 Å². The Labute approximate surface area is 130 Å². The average Bonchev–Trinajstić information content (AvgIpc) is 2.37. The third-order valence-corrected chi connectivity index (χ3v) is 3.58. The number of aromatic hydroxyl groups is 1. The first-order chi connectivity index (χ1) is 10.1. The molecule has 0 bridgehead atoms. The lowest BCUT2D eigenvalue weighted by Crippen LogP contribution is -2.27. The maximum absolute atomic E-state index is 11.6. The molecular formula is C18H22O4. The number of phenols is 1. The van der Waals surface area contributed by atoms with Crippen LogP contribution in [0.15, 0.2) is 24.3 Å². The lowest BCUT2D eigenvalue weighted by molar-refractivity contribution is -0.160. The summed E-state index contributed by atoms with van der Waals surface area (Å²) in [6, 6.07) is 7.50. The highest BCUT2D eigenvalue weighted by Crippen LogP contribution is 2.39. The molecule has 2 aromatic carbocycles. The number of carboxylic acids is 1. The van der Waals surface area contributed by atoms with Gasteiger partial charge >= 0.3 is 5.97 Å². The fourth-order valence-corrected chi connectivity index (χ4v) is 2.62. The van der Waals surface area contributed by atoms with Gasteiger partial charge in [0, 0.05) is 10.9 Å². The highest BCUT2D eigenvalue weighted by Gasteiger charge is 2.31. The van der Waals surface area contributed by atoms with Gasteiger partial charge in [-0.05, 0) is 51.1 Å². The molecular weight excluding hydrogens is 280 g/mol. The van der Waals surface area contributed by atoms with Gasteiger partial charge in [-0.1, -0.05) is 24.3 Å². The Bertz CT molecular complexity index is 726. The minimum absolute atomic E-state index is 0.0182. The van der Waals surface area contributed by atoms with Gasteiger partial charge < -0.3 is 14.9 Å². The Balaban J connectivity index is 2.70. The van der Waals surface area contributed by atoms with E-state index >= 15 is 0 Å². The summed E-state index contributed by atoms with van der Waals surface area (Å²) in [4.78, 5) is 11.6. The number of carbonyl (C=O) groups is 1. The number of fused-ring (bicyclic) bond motifs is 1. The van der Waals surface area contributed by atoms with E-state index in [2.05, 4.69) is 0 Å². The van der Waals surface area contributed by atoms with Gasteiger partial charge in [-0.25, -0.2) is 4.79 Å². The van der Waals surface area contributed by atoms with E-state index in [9.17, 15) is 15.0 Å². The van der Waals surface area contributed by atoms with E-state index in [-0.39, 0.29) is 5.75 Å². The zero-order valence-corrected chi connectivity index (χ0v) is 13.6. The van der Waals surface area contributed by atoms with Crippen molar-refractivity contribution in [1.82, 2.24) is 0 Å². The van der Waals surface area contributed by atoms with Crippen LogP contribution in [-0.4, -0.2) is 21.8 Å². The van der Waals surface area contributed by atoms with Crippen LogP contribution in [0.5, 0.6) is 5.75 Å². The standard InChI is InChI=1S/C18H22O4/c1-10-7-6-8-12-13(10)9-11(2)14(15(12)19)16(17(20)21)22-18(3,4)5/h6-9,16,19H,1-5H3,(H,20,21). The molecule has 1 unspecified atom stereocenters. The topological polar surface area (TPSA) is 66.8 Å². The van der Waals surface area contributed by atoms with Gasteiger partial charge in [0.05, 0.1) is 5.60 Å². The molecule has 0 aliphatic carbocycles. The monoisotopic (exact) mass is 302 g/mol. The van der Waals surface area contributed by atoms with Gasteiger partial charge in [0.1, 0.15) is 5.75 Å². The summed E-state index contributed by atoms with van der Waals surface area (Å²) in [7, 11) is 0. The number of benzene rings is 2. The van der Waals surface area contributed by atoms with Crippen LogP contribution < -0.4 is 0 Å². The molecule has 2 N–H and O–H groups in total. The summed E-state index contributed by atoms with van der Waals surface area (Å²) in [5.74, 6) is -1.13. The molecule has 0 radical (unpaired) electrons. The van der Waals surface area contributed by atoms with Gasteiger partial charge in [-0.15, -0.1) is 0 Å². The lowest BCUT2D eigenvalue weighted by atomic mass is 9.94. The molecule has 0 saturated heterocycles. The Kier molecular flexibility index (Phi) is 4.16. The number of aryl methyl sites for hydroxylation is 2. The zero-order chi connectivity index (χ0) is 16.7. The predicted molar refractivity (Wildman–Crippen MR) is 86.3 cm³/mol. The first-order valence-corrected chi connectivity index (χ1v) is 7.24. The number of hydrogen-bond acceptors (Lipinski definition) is 3. The summed E-state index contributed by atoms with van der Waals surface area (Å²) in [6.45, 7) is 9.13. The minimum atomic E-state index is -1.20. The van der Waals surface area contributed by atoms with E-state index in [0.717, 1.165) is 10.9 Å². The van der Waals surface area contributed by atoms with Crippen molar-refractivity contribution in [3.63, 3.8) is 0 Å². The van der Waals surface area contributed by atoms with Gasteiger partial charge in [0.25, 0.3) is 0 Å². The molecule has 0 aliphatic rings. The molecule has 4 heteroatoms. The van der Waals surface area contributed by atoms with Gasteiger partial charge in [0.2, 0.25) is 0 Å². The van der Waals surface area contributed by atoms with Crippen LogP contribution in [0.3, 0.4) is 0 Å². The maximum atomic E-state index is 11.6. The first kappa shape index (κ1) is 16.3. The quantitative estimate of drug-likeness (QED) is 0.895. The molecule has 0 spiro atoms. The van der Waals surface area contributed by atoms with Crippen molar-refractivity contribution in [3.05, 3.63) is 41.0 Å². The third kappa shape index (κ3) is 3.07. The fourth-order valence-electron chi connectivity index (χ4n) is 2.62. The SMILES string of the molecule is Cc1cc2c(C)cccc2c(O)c1C(OC(C)(C)C)C(=O)O. The van der Waals surface area contributed by atoms with E-state index in [0.29, 0.717) is 16.5 Å².